The molecule has 0 saturated carbocycles. The van der Waals surface area contributed by atoms with Crippen molar-refractivity contribution >= 4 is 0 Å². The Labute approximate surface area is 72.7 Å². The van der Waals surface area contributed by atoms with Crippen molar-refractivity contribution in [3.63, 3.8) is 0 Å². The maximum absolute atomic E-state index is 12.9. The first-order chi connectivity index (χ1) is 5.63. The standard InChI is InChI=1S/C11H12F/c1-4-9-5-10(8(2)3)7-11(12)6-9/h5-8H,1H2,2-3H3. The Morgan fingerprint density at radius 1 is 1.33 bits per heavy atom. The van der Waals surface area contributed by atoms with Gasteiger partial charge in [0.2, 0.25) is 0 Å². The van der Waals surface area contributed by atoms with Crippen LogP contribution in [0.4, 0.5) is 4.39 Å². The molecule has 0 aromatic heterocycles. The van der Waals surface area contributed by atoms with E-state index in [0.717, 1.165) is 11.1 Å². The van der Waals surface area contributed by atoms with Crippen LogP contribution in [0.2, 0.25) is 0 Å². The van der Waals surface area contributed by atoms with Gasteiger partial charge in [0.15, 0.2) is 0 Å². The Morgan fingerprint density at radius 2 is 2.00 bits per heavy atom. The molecule has 1 radical (unpaired) electrons. The first kappa shape index (κ1) is 8.98. The van der Waals surface area contributed by atoms with Crippen LogP contribution in [0.1, 0.15) is 30.9 Å². The molecule has 0 bridgehead atoms. The predicted molar refractivity (Wildman–Crippen MR) is 48.5 cm³/mol. The normalized spacial score (nSPS) is 10.3. The van der Waals surface area contributed by atoms with Crippen LogP contribution in [0.25, 0.3) is 0 Å². The fraction of sp³-hybridized carbons (Fsp3) is 0.273. The molecular formula is C11H12F. The molecule has 0 amide bonds. The van der Waals surface area contributed by atoms with Gasteiger partial charge in [-0.15, -0.1) is 0 Å². The number of hydrogen-bond donors (Lipinski definition) is 0. The van der Waals surface area contributed by atoms with Gasteiger partial charge in [-0.2, -0.15) is 0 Å². The van der Waals surface area contributed by atoms with Gasteiger partial charge in [0.1, 0.15) is 5.82 Å². The third-order valence-electron chi connectivity index (χ3n) is 1.79. The summed E-state index contributed by atoms with van der Waals surface area (Å²) < 4.78 is 12.9. The molecule has 0 spiro atoms. The number of hydrogen-bond acceptors (Lipinski definition) is 0. The van der Waals surface area contributed by atoms with E-state index < -0.39 is 0 Å². The monoisotopic (exact) mass is 163 g/mol. The molecule has 1 aromatic rings. The van der Waals surface area contributed by atoms with E-state index in [1.165, 1.54) is 6.07 Å². The molecule has 0 atom stereocenters. The zero-order chi connectivity index (χ0) is 9.14. The summed E-state index contributed by atoms with van der Waals surface area (Å²) in [5.41, 5.74) is 1.71. The second-order valence-electron chi connectivity index (χ2n) is 3.10. The average Bonchev–Trinajstić information content (AvgIpc) is 2.03. The Hall–Kier alpha value is -1.11. The Morgan fingerprint density at radius 3 is 2.50 bits per heavy atom. The number of benzene rings is 1. The van der Waals surface area contributed by atoms with Crippen LogP contribution >= 0.6 is 0 Å². The lowest BCUT2D eigenvalue weighted by Gasteiger charge is -2.05. The van der Waals surface area contributed by atoms with E-state index in [-0.39, 0.29) is 5.82 Å². The van der Waals surface area contributed by atoms with E-state index in [1.54, 1.807) is 6.07 Å². The van der Waals surface area contributed by atoms with Crippen LogP contribution in [-0.2, 0) is 0 Å². The third kappa shape index (κ3) is 1.94. The Balaban J connectivity index is 3.14. The Bertz CT molecular complexity index is 287. The van der Waals surface area contributed by atoms with E-state index in [9.17, 15) is 4.39 Å². The molecule has 1 aromatic carbocycles. The number of rotatable bonds is 2. The van der Waals surface area contributed by atoms with Crippen molar-refractivity contribution in [3.05, 3.63) is 47.8 Å². The van der Waals surface area contributed by atoms with E-state index in [1.807, 2.05) is 19.9 Å². The van der Waals surface area contributed by atoms with Gasteiger partial charge in [0.05, 0.1) is 0 Å². The summed E-state index contributed by atoms with van der Waals surface area (Å²) >= 11 is 0. The highest BCUT2D eigenvalue weighted by Crippen LogP contribution is 2.17. The summed E-state index contributed by atoms with van der Waals surface area (Å²) in [4.78, 5) is 0. The second-order valence-corrected chi connectivity index (χ2v) is 3.10. The molecule has 0 heterocycles. The van der Waals surface area contributed by atoms with Crippen molar-refractivity contribution in [2.45, 2.75) is 19.8 Å². The van der Waals surface area contributed by atoms with Crippen LogP contribution < -0.4 is 0 Å². The number of halogens is 1. The molecular weight excluding hydrogens is 151 g/mol. The smallest absolute Gasteiger partial charge is 0.124 e. The van der Waals surface area contributed by atoms with Gasteiger partial charge in [-0.05, 0) is 35.3 Å². The van der Waals surface area contributed by atoms with Gasteiger partial charge >= 0.3 is 0 Å². The Kier molecular flexibility index (Phi) is 2.64. The largest absolute Gasteiger partial charge is 0.207 e. The fourth-order valence-corrected chi connectivity index (χ4v) is 1.05. The van der Waals surface area contributed by atoms with Crippen molar-refractivity contribution in [2.24, 2.45) is 0 Å². The molecule has 1 rings (SSSR count). The maximum Gasteiger partial charge on any atom is 0.124 e. The second kappa shape index (κ2) is 3.53. The lowest BCUT2D eigenvalue weighted by Crippen LogP contribution is -1.90. The summed E-state index contributed by atoms with van der Waals surface area (Å²) in [5, 5.41) is 0. The van der Waals surface area contributed by atoms with Crippen molar-refractivity contribution in [1.82, 2.24) is 0 Å². The minimum Gasteiger partial charge on any atom is -0.207 e. The van der Waals surface area contributed by atoms with Crippen LogP contribution in [0.15, 0.2) is 24.8 Å². The van der Waals surface area contributed by atoms with Gasteiger partial charge in [-0.25, -0.2) is 4.39 Å². The third-order valence-corrected chi connectivity index (χ3v) is 1.79. The zero-order valence-electron chi connectivity index (χ0n) is 7.39. The lowest BCUT2D eigenvalue weighted by atomic mass is 10.0. The zero-order valence-corrected chi connectivity index (χ0v) is 7.39. The molecule has 63 valence electrons. The van der Waals surface area contributed by atoms with Crippen molar-refractivity contribution in [1.29, 1.82) is 0 Å². The molecule has 0 nitrogen and oxygen atoms in total. The molecule has 0 saturated heterocycles. The van der Waals surface area contributed by atoms with Crippen molar-refractivity contribution in [3.8, 4) is 0 Å². The van der Waals surface area contributed by atoms with E-state index in [2.05, 4.69) is 12.7 Å². The van der Waals surface area contributed by atoms with Crippen molar-refractivity contribution < 1.29 is 4.39 Å². The highest BCUT2D eigenvalue weighted by Gasteiger charge is 2.02. The SMILES string of the molecule is C=[C]c1cc(F)cc(C(C)C)c1. The molecule has 0 aliphatic rings. The summed E-state index contributed by atoms with van der Waals surface area (Å²) in [6, 6.07) is 4.88. The molecule has 0 aliphatic heterocycles. The quantitative estimate of drug-likeness (QED) is 0.627. The van der Waals surface area contributed by atoms with E-state index in [0.29, 0.717) is 5.92 Å². The first-order valence-corrected chi connectivity index (χ1v) is 3.97. The van der Waals surface area contributed by atoms with Gasteiger partial charge in [0, 0.05) is 0 Å². The first-order valence-electron chi connectivity index (χ1n) is 3.97. The summed E-state index contributed by atoms with van der Waals surface area (Å²) in [6.07, 6.45) is 2.67. The highest BCUT2D eigenvalue weighted by molar-refractivity contribution is 5.30. The molecule has 0 unspecified atom stereocenters. The minimum atomic E-state index is -0.215. The van der Waals surface area contributed by atoms with Crippen molar-refractivity contribution in [2.75, 3.05) is 0 Å². The summed E-state index contributed by atoms with van der Waals surface area (Å²) in [6.45, 7) is 7.54. The van der Waals surface area contributed by atoms with Crippen LogP contribution in [0.3, 0.4) is 0 Å². The van der Waals surface area contributed by atoms with Gasteiger partial charge in [-0.3, -0.25) is 0 Å². The topological polar surface area (TPSA) is 0 Å². The van der Waals surface area contributed by atoms with Gasteiger partial charge in [0.25, 0.3) is 0 Å². The van der Waals surface area contributed by atoms with Crippen LogP contribution in [0, 0.1) is 11.9 Å². The fourth-order valence-electron chi connectivity index (χ4n) is 1.05. The summed E-state index contributed by atoms with van der Waals surface area (Å²) in [5.74, 6) is 0.125. The average molecular weight is 163 g/mol. The molecule has 0 fully saturated rings. The highest BCUT2D eigenvalue weighted by atomic mass is 19.1. The van der Waals surface area contributed by atoms with Crippen LogP contribution in [0.5, 0.6) is 0 Å². The molecule has 1 heteroatoms. The van der Waals surface area contributed by atoms with Gasteiger partial charge < -0.3 is 0 Å². The van der Waals surface area contributed by atoms with E-state index in [4.69, 9.17) is 0 Å². The van der Waals surface area contributed by atoms with Crippen LogP contribution in [-0.4, -0.2) is 0 Å². The molecule has 12 heavy (non-hydrogen) atoms. The maximum atomic E-state index is 12.9. The molecule has 0 aliphatic carbocycles. The molecule has 0 N–H and O–H groups in total. The minimum absolute atomic E-state index is 0.215. The van der Waals surface area contributed by atoms with Gasteiger partial charge in [-0.1, -0.05) is 26.5 Å². The van der Waals surface area contributed by atoms with E-state index >= 15 is 0 Å². The predicted octanol–water partition coefficient (Wildman–Crippen LogP) is 3.29. The lowest BCUT2D eigenvalue weighted by molar-refractivity contribution is 0.622. The summed E-state index contributed by atoms with van der Waals surface area (Å²) in [7, 11) is 0.